The zero-order chi connectivity index (χ0) is 24.5. The number of nitrogens with zero attached hydrogens (tertiary/aromatic N) is 4. The summed E-state index contributed by atoms with van der Waals surface area (Å²) < 4.78 is 52.0. The molecule has 0 spiro atoms. The lowest BCUT2D eigenvalue weighted by Gasteiger charge is -2.34. The zero-order valence-corrected chi connectivity index (χ0v) is 18.9. The number of fused-ring (bicyclic) bond motifs is 1. The number of halogens is 3. The number of cyclic esters (lactones) is 1. The maximum atomic E-state index is 15.6. The Balaban J connectivity index is 1.89. The normalized spacial score (nSPS) is 21.7. The number of nitrogens with one attached hydrogen (secondary N) is 2. The third-order valence-electron chi connectivity index (χ3n) is 5.66. The van der Waals surface area contributed by atoms with Gasteiger partial charge in [-0.1, -0.05) is 0 Å². The number of amides is 1. The van der Waals surface area contributed by atoms with Crippen molar-refractivity contribution in [3.05, 3.63) is 41.7 Å². The van der Waals surface area contributed by atoms with Crippen molar-refractivity contribution >= 4 is 17.7 Å². The number of aromatic nitrogens is 3. The van der Waals surface area contributed by atoms with Crippen LogP contribution >= 0.6 is 0 Å². The molecule has 2 aliphatic rings. The topological polar surface area (TPSA) is 102 Å². The Morgan fingerprint density at radius 1 is 1.38 bits per heavy atom. The summed E-state index contributed by atoms with van der Waals surface area (Å²) in [5, 5.41) is 5.74. The van der Waals surface area contributed by atoms with Gasteiger partial charge in [0, 0.05) is 38.9 Å². The summed E-state index contributed by atoms with van der Waals surface area (Å²) in [5.74, 6) is 0.533. The first-order chi connectivity index (χ1) is 16.2. The smallest absolute Gasteiger partial charge is 0.413 e. The zero-order valence-electron chi connectivity index (χ0n) is 18.9. The van der Waals surface area contributed by atoms with Crippen molar-refractivity contribution in [1.29, 1.82) is 0 Å². The van der Waals surface area contributed by atoms with Crippen LogP contribution in [0.1, 0.15) is 31.1 Å². The molecule has 1 saturated heterocycles. The largest absolute Gasteiger partial charge is 0.436 e. The number of hydrogen-bond acceptors (Lipinski definition) is 8. The standard InChI is InChI=1S/C22H25F3N6O3/c1-12-9-31(5-4-26-12)17-7-13(22(2,25)10-33-3)6-14(29-17)19-18-15(8-16(23)24)34-21(32)30-20(18)28-11-27-19/h6-8,11-12,15,26H,4-5,9-10H2,1-3H3,(H,27,28,30,32)/t12-,15?,22?/m0/s1. The van der Waals surface area contributed by atoms with Crippen LogP contribution in [0.5, 0.6) is 0 Å². The van der Waals surface area contributed by atoms with Gasteiger partial charge in [0.25, 0.3) is 6.08 Å². The molecule has 1 amide bonds. The second kappa shape index (κ2) is 9.55. The van der Waals surface area contributed by atoms with Crippen molar-refractivity contribution in [2.45, 2.75) is 31.7 Å². The van der Waals surface area contributed by atoms with Gasteiger partial charge in [-0.25, -0.2) is 24.1 Å². The molecule has 0 saturated carbocycles. The van der Waals surface area contributed by atoms with Gasteiger partial charge in [0.15, 0.2) is 11.8 Å². The van der Waals surface area contributed by atoms with Gasteiger partial charge in [-0.2, -0.15) is 8.78 Å². The van der Waals surface area contributed by atoms with E-state index in [1.54, 1.807) is 6.07 Å². The fourth-order valence-corrected chi connectivity index (χ4v) is 4.10. The highest BCUT2D eigenvalue weighted by Crippen LogP contribution is 2.39. The quantitative estimate of drug-likeness (QED) is 0.650. The van der Waals surface area contributed by atoms with Crippen LogP contribution in [0.3, 0.4) is 0 Å². The minimum Gasteiger partial charge on any atom is -0.436 e. The summed E-state index contributed by atoms with van der Waals surface area (Å²) in [7, 11) is 1.40. The number of pyridine rings is 1. The van der Waals surface area contributed by atoms with Gasteiger partial charge >= 0.3 is 6.09 Å². The van der Waals surface area contributed by atoms with E-state index < -0.39 is 23.9 Å². The third kappa shape index (κ3) is 4.97. The Bertz CT molecular complexity index is 1110. The van der Waals surface area contributed by atoms with Gasteiger partial charge in [0.1, 0.15) is 23.7 Å². The number of piperazine rings is 1. The second-order valence-electron chi connectivity index (χ2n) is 8.42. The molecular weight excluding hydrogens is 453 g/mol. The Morgan fingerprint density at radius 3 is 2.88 bits per heavy atom. The van der Waals surface area contributed by atoms with Gasteiger partial charge in [0.2, 0.25) is 0 Å². The molecule has 2 aromatic rings. The van der Waals surface area contributed by atoms with Crippen LogP contribution in [0.2, 0.25) is 0 Å². The molecule has 0 aliphatic carbocycles. The first kappa shape index (κ1) is 23.9. The van der Waals surface area contributed by atoms with E-state index in [9.17, 15) is 13.6 Å². The predicted octanol–water partition coefficient (Wildman–Crippen LogP) is 3.55. The Kier molecular flexibility index (Phi) is 6.71. The Labute approximate surface area is 194 Å². The summed E-state index contributed by atoms with van der Waals surface area (Å²) in [4.78, 5) is 26.8. The minimum absolute atomic E-state index is 0.0215. The number of methoxy groups -OCH3 is 1. The first-order valence-corrected chi connectivity index (χ1v) is 10.7. The number of hydrogen-bond donors (Lipinski definition) is 2. The molecule has 182 valence electrons. The number of carbonyl (C=O) groups is 1. The summed E-state index contributed by atoms with van der Waals surface area (Å²) in [6.45, 7) is 5.23. The van der Waals surface area contributed by atoms with E-state index in [0.29, 0.717) is 25.0 Å². The molecule has 3 atom stereocenters. The van der Waals surface area contributed by atoms with Gasteiger partial charge < -0.3 is 19.7 Å². The molecule has 4 rings (SSSR count). The molecule has 2 unspecified atom stereocenters. The summed E-state index contributed by atoms with van der Waals surface area (Å²) in [5.41, 5.74) is -1.09. The Morgan fingerprint density at radius 2 is 2.18 bits per heavy atom. The number of anilines is 2. The minimum atomic E-state index is -2.03. The average molecular weight is 478 g/mol. The van der Waals surface area contributed by atoms with E-state index in [0.717, 1.165) is 6.54 Å². The molecule has 2 aromatic heterocycles. The van der Waals surface area contributed by atoms with Crippen molar-refractivity contribution in [2.75, 3.05) is 43.6 Å². The highest BCUT2D eigenvalue weighted by atomic mass is 19.3. The molecule has 1 fully saturated rings. The van der Waals surface area contributed by atoms with Crippen molar-refractivity contribution in [3.63, 3.8) is 0 Å². The molecule has 4 heterocycles. The fourth-order valence-electron chi connectivity index (χ4n) is 4.10. The molecule has 2 aliphatic heterocycles. The second-order valence-corrected chi connectivity index (χ2v) is 8.42. The van der Waals surface area contributed by atoms with E-state index >= 15 is 4.39 Å². The molecule has 34 heavy (non-hydrogen) atoms. The number of rotatable bonds is 6. The highest BCUT2D eigenvalue weighted by Gasteiger charge is 2.33. The van der Waals surface area contributed by atoms with E-state index in [1.807, 2.05) is 11.8 Å². The van der Waals surface area contributed by atoms with E-state index in [-0.39, 0.29) is 41.0 Å². The third-order valence-corrected chi connectivity index (χ3v) is 5.66. The van der Waals surface area contributed by atoms with Crippen molar-refractivity contribution in [2.24, 2.45) is 0 Å². The SMILES string of the molecule is COCC(C)(F)c1cc(-c2ncnc3c2C(C=C(F)F)OC(=O)N3)nc(N2CCN[C@@H](C)C2)c1. The van der Waals surface area contributed by atoms with E-state index in [1.165, 1.54) is 26.4 Å². The number of carbonyl (C=O) groups excluding carboxylic acids is 1. The molecule has 0 bridgehead atoms. The Hall–Kier alpha value is -3.25. The van der Waals surface area contributed by atoms with Gasteiger partial charge in [-0.05, 0) is 31.5 Å². The van der Waals surface area contributed by atoms with Gasteiger partial charge in [-0.3, -0.25) is 5.32 Å². The van der Waals surface area contributed by atoms with Crippen LogP contribution < -0.4 is 15.5 Å². The highest BCUT2D eigenvalue weighted by molar-refractivity contribution is 5.89. The number of ether oxygens (including phenoxy) is 2. The van der Waals surface area contributed by atoms with Crippen LogP contribution in [0, 0.1) is 0 Å². The summed E-state index contributed by atoms with van der Waals surface area (Å²) in [6, 6.07) is 3.35. The summed E-state index contributed by atoms with van der Waals surface area (Å²) >= 11 is 0. The van der Waals surface area contributed by atoms with Crippen LogP contribution in [0.15, 0.2) is 30.6 Å². The van der Waals surface area contributed by atoms with Crippen LogP contribution in [-0.4, -0.2) is 60.4 Å². The van der Waals surface area contributed by atoms with E-state index in [2.05, 4.69) is 20.6 Å². The maximum Gasteiger partial charge on any atom is 0.413 e. The van der Waals surface area contributed by atoms with Crippen LogP contribution in [0.4, 0.5) is 29.6 Å². The fraction of sp³-hybridized carbons (Fsp3) is 0.455. The van der Waals surface area contributed by atoms with Crippen molar-refractivity contribution in [1.82, 2.24) is 20.3 Å². The lowest BCUT2D eigenvalue weighted by atomic mass is 9.96. The lowest BCUT2D eigenvalue weighted by molar-refractivity contribution is 0.0527. The maximum absolute atomic E-state index is 15.6. The average Bonchev–Trinajstić information content (AvgIpc) is 2.77. The van der Waals surface area contributed by atoms with Gasteiger partial charge in [-0.15, -0.1) is 0 Å². The van der Waals surface area contributed by atoms with Crippen LogP contribution in [0.25, 0.3) is 11.4 Å². The van der Waals surface area contributed by atoms with Crippen molar-refractivity contribution < 1.29 is 27.4 Å². The first-order valence-electron chi connectivity index (χ1n) is 10.7. The molecule has 0 radical (unpaired) electrons. The molecule has 2 N–H and O–H groups in total. The molecule has 0 aromatic carbocycles. The number of alkyl halides is 1. The predicted molar refractivity (Wildman–Crippen MR) is 118 cm³/mol. The summed E-state index contributed by atoms with van der Waals surface area (Å²) in [6.07, 6.45) is -2.72. The lowest BCUT2D eigenvalue weighted by Crippen LogP contribution is -2.49. The van der Waals surface area contributed by atoms with E-state index in [4.69, 9.17) is 14.5 Å². The molecule has 9 nitrogen and oxygen atoms in total. The van der Waals surface area contributed by atoms with Crippen LogP contribution in [-0.2, 0) is 15.1 Å². The molecule has 12 heteroatoms. The van der Waals surface area contributed by atoms with Crippen molar-refractivity contribution in [3.8, 4) is 11.4 Å². The van der Waals surface area contributed by atoms with Gasteiger partial charge in [0.05, 0.1) is 17.9 Å². The molecular formula is C22H25F3N6O3. The monoisotopic (exact) mass is 478 g/mol.